The number of benzene rings is 2. The van der Waals surface area contributed by atoms with E-state index in [9.17, 15) is 0 Å². The largest absolute Gasteiger partial charge is 0.435 e. The first-order chi connectivity index (χ1) is 10.9. The third-order valence-electron chi connectivity index (χ3n) is 5.26. The molecule has 0 spiro atoms. The summed E-state index contributed by atoms with van der Waals surface area (Å²) in [5.74, 6) is 1.13. The predicted octanol–water partition coefficient (Wildman–Crippen LogP) is 3.47. The number of hydrogen-bond donors (Lipinski definition) is 0. The first kappa shape index (κ1) is 11.0. The van der Waals surface area contributed by atoms with Crippen molar-refractivity contribution in [2.45, 2.75) is 19.6 Å². The highest BCUT2D eigenvalue weighted by atomic mass is 16.5. The average molecular weight is 284 g/mol. The van der Waals surface area contributed by atoms with Gasteiger partial charge in [-0.3, -0.25) is 0 Å². The van der Waals surface area contributed by atoms with Crippen molar-refractivity contribution in [2.75, 3.05) is 0 Å². The molecule has 0 saturated carbocycles. The summed E-state index contributed by atoms with van der Waals surface area (Å²) < 4.78 is 8.44. The molecule has 2 heterocycles. The zero-order chi connectivity index (χ0) is 14.3. The maximum absolute atomic E-state index is 6.20. The Kier molecular flexibility index (Phi) is 1.80. The number of hydrogen-bond acceptors (Lipinski definition) is 1. The lowest BCUT2D eigenvalue weighted by Gasteiger charge is -2.18. The Bertz CT molecular complexity index is 987. The Morgan fingerprint density at radius 1 is 0.864 bits per heavy atom. The number of nitrogens with zero attached hydrogens (tertiary/aromatic N) is 1. The van der Waals surface area contributed by atoms with Gasteiger partial charge in [0.25, 0.3) is 6.73 Å². The van der Waals surface area contributed by atoms with Crippen molar-refractivity contribution in [3.05, 3.63) is 70.9 Å². The zero-order valence-corrected chi connectivity index (χ0v) is 12.1. The Morgan fingerprint density at radius 2 is 1.77 bits per heavy atom. The van der Waals surface area contributed by atoms with Crippen molar-refractivity contribution in [1.29, 1.82) is 0 Å². The Morgan fingerprint density at radius 3 is 2.77 bits per heavy atom. The molecular weight excluding hydrogens is 270 g/mol. The Hall–Kier alpha value is -2.61. The average Bonchev–Trinajstić information content (AvgIpc) is 3.11. The molecule has 2 aliphatic carbocycles. The fourth-order valence-corrected chi connectivity index (χ4v) is 4.35. The molecule has 0 unspecified atom stereocenters. The van der Waals surface area contributed by atoms with Crippen LogP contribution >= 0.6 is 0 Å². The van der Waals surface area contributed by atoms with Gasteiger partial charge >= 0.3 is 0 Å². The van der Waals surface area contributed by atoms with E-state index < -0.39 is 0 Å². The van der Waals surface area contributed by atoms with Crippen molar-refractivity contribution < 1.29 is 9.30 Å². The molecule has 104 valence electrons. The van der Waals surface area contributed by atoms with Crippen molar-refractivity contribution >= 4 is 0 Å². The van der Waals surface area contributed by atoms with Gasteiger partial charge < -0.3 is 4.74 Å². The first-order valence-corrected chi connectivity index (χ1v) is 7.82. The molecule has 1 aliphatic heterocycles. The molecular formula is C20H14NO+. The van der Waals surface area contributed by atoms with Crippen LogP contribution in [0, 0.1) is 0 Å². The van der Waals surface area contributed by atoms with Gasteiger partial charge in [0.15, 0.2) is 6.20 Å². The summed E-state index contributed by atoms with van der Waals surface area (Å²) in [6.45, 7) is 0.627. The summed E-state index contributed by atoms with van der Waals surface area (Å²) in [4.78, 5) is 0. The number of aromatic nitrogens is 1. The first-order valence-electron chi connectivity index (χ1n) is 7.82. The maximum Gasteiger partial charge on any atom is 0.292 e. The van der Waals surface area contributed by atoms with E-state index >= 15 is 0 Å². The highest BCUT2D eigenvalue weighted by Crippen LogP contribution is 2.51. The quantitative estimate of drug-likeness (QED) is 0.397. The molecule has 1 aromatic heterocycles. The van der Waals surface area contributed by atoms with Crippen LogP contribution in [0.25, 0.3) is 22.4 Å². The van der Waals surface area contributed by atoms with Crippen LogP contribution in [-0.2, 0) is 19.6 Å². The second kappa shape index (κ2) is 3.58. The molecule has 0 amide bonds. The fraction of sp³-hybridized carbons (Fsp3) is 0.150. The van der Waals surface area contributed by atoms with Gasteiger partial charge in [-0.25, -0.2) is 0 Å². The summed E-state index contributed by atoms with van der Waals surface area (Å²) >= 11 is 0. The summed E-state index contributed by atoms with van der Waals surface area (Å²) in [6.07, 6.45) is 4.15. The number of ether oxygens (including phenoxy) is 1. The molecule has 22 heavy (non-hydrogen) atoms. The highest BCUT2D eigenvalue weighted by Gasteiger charge is 2.38. The SMILES string of the molecule is c1ccc2c(c1)Cc1c-2cc2c3c1OC[n+]1cccc(c1-3)C2. The molecule has 3 aromatic rings. The normalized spacial score (nSPS) is 15.1. The summed E-state index contributed by atoms with van der Waals surface area (Å²) in [5.41, 5.74) is 11.1. The minimum atomic E-state index is 0.627. The van der Waals surface area contributed by atoms with Crippen LogP contribution in [-0.4, -0.2) is 0 Å². The van der Waals surface area contributed by atoms with Gasteiger partial charge in [-0.2, -0.15) is 4.57 Å². The third-order valence-corrected chi connectivity index (χ3v) is 5.26. The Labute approximate surface area is 128 Å². The van der Waals surface area contributed by atoms with Crippen LogP contribution in [0.2, 0.25) is 0 Å². The molecule has 0 radical (unpaired) electrons. The fourth-order valence-electron chi connectivity index (χ4n) is 4.35. The van der Waals surface area contributed by atoms with Gasteiger partial charge in [-0.1, -0.05) is 24.3 Å². The van der Waals surface area contributed by atoms with E-state index in [1.54, 1.807) is 0 Å². The summed E-state index contributed by atoms with van der Waals surface area (Å²) in [6, 6.07) is 15.5. The second-order valence-corrected chi connectivity index (χ2v) is 6.40. The lowest BCUT2D eigenvalue weighted by atomic mass is 9.97. The third kappa shape index (κ3) is 1.16. The monoisotopic (exact) mass is 284 g/mol. The molecule has 0 fully saturated rings. The molecule has 6 rings (SSSR count). The summed E-state index contributed by atoms with van der Waals surface area (Å²) in [5, 5.41) is 0. The van der Waals surface area contributed by atoms with Crippen LogP contribution in [0.3, 0.4) is 0 Å². The van der Waals surface area contributed by atoms with E-state index in [4.69, 9.17) is 4.74 Å². The molecule has 3 aliphatic rings. The smallest absolute Gasteiger partial charge is 0.292 e. The van der Waals surface area contributed by atoms with E-state index in [0.717, 1.165) is 18.6 Å². The predicted molar refractivity (Wildman–Crippen MR) is 83.7 cm³/mol. The molecule has 0 bridgehead atoms. The minimum Gasteiger partial charge on any atom is -0.435 e. The maximum atomic E-state index is 6.20. The molecule has 2 heteroatoms. The molecule has 0 saturated heterocycles. The molecule has 2 aromatic carbocycles. The number of pyridine rings is 1. The number of fused-ring (bicyclic) bond motifs is 4. The van der Waals surface area contributed by atoms with Crippen molar-refractivity contribution in [3.8, 4) is 28.1 Å². The van der Waals surface area contributed by atoms with E-state index in [1.807, 2.05) is 0 Å². The van der Waals surface area contributed by atoms with Gasteiger partial charge in [0.1, 0.15) is 5.75 Å². The zero-order valence-electron chi connectivity index (χ0n) is 12.1. The molecule has 0 atom stereocenters. The van der Waals surface area contributed by atoms with Crippen LogP contribution in [0.4, 0.5) is 0 Å². The lowest BCUT2D eigenvalue weighted by Crippen LogP contribution is -2.41. The van der Waals surface area contributed by atoms with Crippen molar-refractivity contribution in [2.24, 2.45) is 0 Å². The topological polar surface area (TPSA) is 13.1 Å². The minimum absolute atomic E-state index is 0.627. The molecule has 2 nitrogen and oxygen atoms in total. The van der Waals surface area contributed by atoms with Crippen LogP contribution in [0.5, 0.6) is 5.75 Å². The molecule has 0 N–H and O–H groups in total. The van der Waals surface area contributed by atoms with Gasteiger partial charge in [0, 0.05) is 30.0 Å². The van der Waals surface area contributed by atoms with Crippen LogP contribution in [0.15, 0.2) is 48.7 Å². The van der Waals surface area contributed by atoms with E-state index in [0.29, 0.717) is 6.73 Å². The Balaban J connectivity index is 1.71. The highest BCUT2D eigenvalue weighted by molar-refractivity contribution is 5.88. The standard InChI is InChI=1S/C20H14NO/c1-2-6-15-12(4-1)9-17-16(15)10-14-8-13-5-3-7-21-11-22-20(17)18(14)19(13)21/h1-7,10H,8-9,11H2/q+1. The van der Waals surface area contributed by atoms with Gasteiger partial charge in [0.2, 0.25) is 5.69 Å². The van der Waals surface area contributed by atoms with E-state index in [2.05, 4.69) is 53.2 Å². The van der Waals surface area contributed by atoms with E-state index in [-0.39, 0.29) is 0 Å². The van der Waals surface area contributed by atoms with Gasteiger partial charge in [-0.15, -0.1) is 0 Å². The van der Waals surface area contributed by atoms with Crippen molar-refractivity contribution in [3.63, 3.8) is 0 Å². The lowest BCUT2D eigenvalue weighted by molar-refractivity contribution is -0.717. The van der Waals surface area contributed by atoms with Crippen LogP contribution in [0.1, 0.15) is 22.3 Å². The number of rotatable bonds is 0. The van der Waals surface area contributed by atoms with E-state index in [1.165, 1.54) is 44.6 Å². The van der Waals surface area contributed by atoms with Crippen LogP contribution < -0.4 is 9.30 Å². The van der Waals surface area contributed by atoms with Gasteiger partial charge in [0.05, 0.1) is 5.56 Å². The summed E-state index contributed by atoms with van der Waals surface area (Å²) in [7, 11) is 0. The van der Waals surface area contributed by atoms with Gasteiger partial charge in [-0.05, 0) is 34.4 Å². The van der Waals surface area contributed by atoms with Crippen molar-refractivity contribution in [1.82, 2.24) is 0 Å². The second-order valence-electron chi connectivity index (χ2n) is 6.40.